The molecule has 0 N–H and O–H groups in total. The van der Waals surface area contributed by atoms with Crippen molar-refractivity contribution in [3.05, 3.63) is 104 Å². The molecule has 0 spiro atoms. The van der Waals surface area contributed by atoms with Gasteiger partial charge in [-0.15, -0.1) is 0 Å². The first-order valence-corrected chi connectivity index (χ1v) is 6.83. The molecule has 0 aliphatic heterocycles. The monoisotopic (exact) mass is 294 g/mol. The van der Waals surface area contributed by atoms with E-state index in [-0.39, 0.29) is 0 Å². The van der Waals surface area contributed by atoms with Crippen LogP contribution < -0.4 is 0 Å². The number of rotatable bonds is 5. The van der Waals surface area contributed by atoms with E-state index < -0.39 is 0 Å². The van der Waals surface area contributed by atoms with Crippen LogP contribution in [0.3, 0.4) is 0 Å². The highest BCUT2D eigenvalue weighted by Crippen LogP contribution is 2.08. The molecule has 114 valence electrons. The Morgan fingerprint density at radius 2 is 0.818 bits per heavy atom. The van der Waals surface area contributed by atoms with Gasteiger partial charge in [0.15, 0.2) is 0 Å². The Bertz CT molecular complexity index is 502. The number of hydrogen-bond acceptors (Lipinski definition) is 0. The van der Waals surface area contributed by atoms with Crippen LogP contribution >= 0.6 is 0 Å². The third-order valence-corrected chi connectivity index (χ3v) is 2.87. The number of benzene rings is 2. The lowest BCUT2D eigenvalue weighted by atomic mass is 10.0. The maximum Gasteiger partial charge on any atom is -0.0279 e. The van der Waals surface area contributed by atoms with Crippen molar-refractivity contribution in [3.8, 4) is 0 Å². The normalized spacial score (nSPS) is 8.18. The Hall–Kier alpha value is -2.94. The number of unbranched alkanes of at least 4 members (excludes halogenated alkanes) is 1. The summed E-state index contributed by atoms with van der Waals surface area (Å²) < 4.78 is 0. The van der Waals surface area contributed by atoms with Gasteiger partial charge in [-0.25, -0.2) is 0 Å². The molecule has 2 aromatic carbocycles. The van der Waals surface area contributed by atoms with Crippen LogP contribution in [0.15, 0.2) is 60.7 Å². The lowest BCUT2D eigenvalue weighted by molar-refractivity contribution is 0.734. The summed E-state index contributed by atoms with van der Waals surface area (Å²) in [6.07, 6.45) is 4.96. The van der Waals surface area contributed by atoms with Crippen molar-refractivity contribution in [1.82, 2.24) is 0 Å². The van der Waals surface area contributed by atoms with Gasteiger partial charge < -0.3 is 22.1 Å². The minimum Gasteiger partial charge on any atom is -0.373 e. The Kier molecular flexibility index (Phi) is 12.5. The predicted octanol–water partition coefficient (Wildman–Crippen LogP) is 5.98. The van der Waals surface area contributed by atoms with Crippen molar-refractivity contribution in [2.75, 3.05) is 0 Å². The van der Waals surface area contributed by atoms with E-state index in [9.17, 15) is 0 Å². The largest absolute Gasteiger partial charge is 0.373 e. The molecule has 0 atom stereocenters. The Morgan fingerprint density at radius 3 is 1.09 bits per heavy atom. The van der Waals surface area contributed by atoms with E-state index in [0.29, 0.717) is 0 Å². The zero-order valence-electron chi connectivity index (χ0n) is 12.3. The highest BCUT2D eigenvalue weighted by Gasteiger charge is 1.94. The van der Waals surface area contributed by atoms with Gasteiger partial charge in [-0.1, -0.05) is 60.7 Å². The standard InChI is InChI=1S/C16H18.2N3/c1-3-9-15(10-4-1)13-7-8-14-16-11-5-2-6-12-16;2*1-3-2/h1-6,9-12H,7-8,13-14H2;;/q;2*-1. The van der Waals surface area contributed by atoms with Crippen LogP contribution in [-0.4, -0.2) is 0 Å². The van der Waals surface area contributed by atoms with Gasteiger partial charge in [0.05, 0.1) is 0 Å². The zero-order chi connectivity index (χ0) is 16.5. The average Bonchev–Trinajstić information content (AvgIpc) is 2.55. The molecule has 0 bridgehead atoms. The molecule has 0 aromatic heterocycles. The Labute approximate surface area is 130 Å². The van der Waals surface area contributed by atoms with Crippen molar-refractivity contribution in [3.63, 3.8) is 0 Å². The summed E-state index contributed by atoms with van der Waals surface area (Å²) in [4.78, 5) is 3.00. The van der Waals surface area contributed by atoms with Crippen LogP contribution in [0.5, 0.6) is 0 Å². The summed E-state index contributed by atoms with van der Waals surface area (Å²) in [5.41, 5.74) is 29.9. The van der Waals surface area contributed by atoms with Crippen LogP contribution in [0, 0.1) is 0 Å². The number of hydrogen-bond donors (Lipinski definition) is 0. The molecule has 0 aliphatic rings. The molecule has 0 fully saturated rings. The van der Waals surface area contributed by atoms with E-state index in [1.807, 2.05) is 0 Å². The van der Waals surface area contributed by atoms with Crippen LogP contribution in [0.2, 0.25) is 0 Å². The van der Waals surface area contributed by atoms with Crippen molar-refractivity contribution in [2.24, 2.45) is 0 Å². The molecule has 0 amide bonds. The molecule has 6 nitrogen and oxygen atoms in total. The highest BCUT2D eigenvalue weighted by molar-refractivity contribution is 5.16. The minimum absolute atomic E-state index is 1.20. The lowest BCUT2D eigenvalue weighted by Crippen LogP contribution is -1.88. The predicted molar refractivity (Wildman–Crippen MR) is 89.7 cm³/mol. The third kappa shape index (κ3) is 10.9. The third-order valence-electron chi connectivity index (χ3n) is 2.87. The molecule has 2 aromatic rings. The summed E-state index contributed by atoms with van der Waals surface area (Å²) in [7, 11) is 0. The molecule has 0 unspecified atom stereocenters. The molecule has 0 radical (unpaired) electrons. The smallest absolute Gasteiger partial charge is 0.0279 e. The van der Waals surface area contributed by atoms with Crippen LogP contribution in [0.1, 0.15) is 24.0 Å². The van der Waals surface area contributed by atoms with E-state index in [1.54, 1.807) is 0 Å². The second-order valence-corrected chi connectivity index (χ2v) is 4.36. The quantitative estimate of drug-likeness (QED) is 0.279. The van der Waals surface area contributed by atoms with Crippen molar-refractivity contribution in [1.29, 1.82) is 0 Å². The summed E-state index contributed by atoms with van der Waals surface area (Å²) >= 11 is 0. The van der Waals surface area contributed by atoms with Crippen molar-refractivity contribution < 1.29 is 0 Å². The van der Waals surface area contributed by atoms with Crippen molar-refractivity contribution in [2.45, 2.75) is 25.7 Å². The maximum atomic E-state index is 6.75. The molecule has 6 heteroatoms. The summed E-state index contributed by atoms with van der Waals surface area (Å²) in [5, 5.41) is 0. The minimum atomic E-state index is 1.20. The van der Waals surface area contributed by atoms with Crippen molar-refractivity contribution >= 4 is 0 Å². The number of aryl methyl sites for hydroxylation is 2. The highest BCUT2D eigenvalue weighted by atomic mass is 15.0. The molecule has 2 rings (SSSR count). The van der Waals surface area contributed by atoms with E-state index in [1.165, 1.54) is 46.6 Å². The SMILES string of the molecule is [N-]=[N+]=[N-].[N-]=[N+]=[N-].c1ccc(CCCCc2ccccc2)cc1. The fourth-order valence-corrected chi connectivity index (χ4v) is 1.95. The Morgan fingerprint density at radius 1 is 0.545 bits per heavy atom. The maximum absolute atomic E-state index is 6.75. The average molecular weight is 294 g/mol. The molecule has 0 aliphatic carbocycles. The number of nitrogens with zero attached hydrogens (tertiary/aromatic N) is 6. The molecular weight excluding hydrogens is 276 g/mol. The van der Waals surface area contributed by atoms with Gasteiger partial charge in [-0.05, 0) is 36.8 Å². The molecule has 0 saturated heterocycles. The first kappa shape index (κ1) is 19.1. The first-order valence-electron chi connectivity index (χ1n) is 6.83. The second kappa shape index (κ2) is 14.5. The Balaban J connectivity index is 0.000000639. The lowest BCUT2D eigenvalue weighted by Gasteiger charge is -2.02. The van der Waals surface area contributed by atoms with E-state index in [2.05, 4.69) is 60.7 Å². The van der Waals surface area contributed by atoms with Crippen LogP contribution in [-0.2, 0) is 12.8 Å². The molecule has 22 heavy (non-hydrogen) atoms. The van der Waals surface area contributed by atoms with Crippen LogP contribution in [0.4, 0.5) is 0 Å². The van der Waals surface area contributed by atoms with Gasteiger partial charge in [0.2, 0.25) is 0 Å². The van der Waals surface area contributed by atoms with E-state index in [4.69, 9.17) is 22.1 Å². The fraction of sp³-hybridized carbons (Fsp3) is 0.250. The van der Waals surface area contributed by atoms with Gasteiger partial charge in [0.25, 0.3) is 0 Å². The summed E-state index contributed by atoms with van der Waals surface area (Å²) in [6.45, 7) is 0. The molecule has 0 heterocycles. The van der Waals surface area contributed by atoms with Gasteiger partial charge in [0.1, 0.15) is 0 Å². The van der Waals surface area contributed by atoms with Gasteiger partial charge >= 0.3 is 0 Å². The van der Waals surface area contributed by atoms with Gasteiger partial charge in [0, 0.05) is 0 Å². The van der Waals surface area contributed by atoms with Gasteiger partial charge in [-0.3, -0.25) is 9.82 Å². The topological polar surface area (TPSA) is 117 Å². The van der Waals surface area contributed by atoms with Crippen LogP contribution in [0.25, 0.3) is 31.9 Å². The fourth-order valence-electron chi connectivity index (χ4n) is 1.95. The summed E-state index contributed by atoms with van der Waals surface area (Å²) in [6, 6.07) is 21.5. The van der Waals surface area contributed by atoms with E-state index >= 15 is 0 Å². The zero-order valence-corrected chi connectivity index (χ0v) is 12.3. The van der Waals surface area contributed by atoms with Gasteiger partial charge in [-0.2, -0.15) is 0 Å². The molecule has 0 saturated carbocycles. The van der Waals surface area contributed by atoms with E-state index in [0.717, 1.165) is 0 Å². The summed E-state index contributed by atoms with van der Waals surface area (Å²) in [5.74, 6) is 0. The second-order valence-electron chi connectivity index (χ2n) is 4.36. The molecular formula is C16H18N6-2. The first-order chi connectivity index (χ1) is 10.8.